The highest BCUT2D eigenvalue weighted by Crippen LogP contribution is 2.20. The van der Waals surface area contributed by atoms with Crippen LogP contribution in [-0.4, -0.2) is 49.4 Å². The lowest BCUT2D eigenvalue weighted by Crippen LogP contribution is -2.45. The van der Waals surface area contributed by atoms with Gasteiger partial charge in [0.1, 0.15) is 0 Å². The van der Waals surface area contributed by atoms with Crippen LogP contribution in [0.2, 0.25) is 5.02 Å². The molecule has 2 aromatic carbocycles. The number of benzene rings is 2. The van der Waals surface area contributed by atoms with E-state index in [-0.39, 0.29) is 17.7 Å². The molecule has 0 unspecified atom stereocenters. The molecule has 3 rings (SSSR count). The van der Waals surface area contributed by atoms with E-state index in [1.54, 1.807) is 29.2 Å². The Balaban J connectivity index is 1.45. The zero-order valence-electron chi connectivity index (χ0n) is 17.5. The first-order valence-electron chi connectivity index (χ1n) is 10.7. The number of carbonyl (C=O) groups excluding carboxylic acids is 2. The number of nitrogens with one attached hydrogen (secondary N) is 1. The lowest BCUT2D eigenvalue weighted by atomic mass is 9.96. The summed E-state index contributed by atoms with van der Waals surface area (Å²) in [5.74, 6) is -0.170. The molecular weight excluding hydrogens is 398 g/mol. The minimum atomic E-state index is -0.154. The minimum Gasteiger partial charge on any atom is -0.372 e. The fourth-order valence-electron chi connectivity index (χ4n) is 3.91. The average Bonchev–Trinajstić information content (AvgIpc) is 2.79. The summed E-state index contributed by atoms with van der Waals surface area (Å²) in [7, 11) is 0. The summed E-state index contributed by atoms with van der Waals surface area (Å²) in [5.41, 5.74) is 1.78. The Kier molecular flexibility index (Phi) is 8.14. The van der Waals surface area contributed by atoms with E-state index in [1.165, 1.54) is 5.69 Å². The molecule has 0 aliphatic carbocycles. The fourth-order valence-corrected chi connectivity index (χ4v) is 4.10. The van der Waals surface area contributed by atoms with E-state index in [1.807, 2.05) is 18.2 Å². The number of piperidine rings is 1. The molecule has 0 spiro atoms. The van der Waals surface area contributed by atoms with Crippen molar-refractivity contribution in [1.29, 1.82) is 0 Å². The summed E-state index contributed by atoms with van der Waals surface area (Å²) in [6.45, 7) is 5.74. The van der Waals surface area contributed by atoms with Gasteiger partial charge in [-0.25, -0.2) is 0 Å². The van der Waals surface area contributed by atoms with Gasteiger partial charge in [0.25, 0.3) is 5.91 Å². The van der Waals surface area contributed by atoms with Gasteiger partial charge in [0.2, 0.25) is 5.91 Å². The van der Waals surface area contributed by atoms with Crippen molar-refractivity contribution in [3.8, 4) is 0 Å². The average molecular weight is 428 g/mol. The molecule has 2 aromatic rings. The van der Waals surface area contributed by atoms with Crippen LogP contribution in [0.1, 0.15) is 36.5 Å². The molecule has 1 N–H and O–H groups in total. The van der Waals surface area contributed by atoms with Crippen LogP contribution in [-0.2, 0) is 4.79 Å². The van der Waals surface area contributed by atoms with Crippen molar-refractivity contribution in [3.05, 3.63) is 65.2 Å². The summed E-state index contributed by atoms with van der Waals surface area (Å²) >= 11 is 6.01. The number of halogens is 1. The molecule has 5 nitrogen and oxygen atoms in total. The zero-order chi connectivity index (χ0) is 21.3. The predicted molar refractivity (Wildman–Crippen MR) is 122 cm³/mol. The predicted octanol–water partition coefficient (Wildman–Crippen LogP) is 4.23. The highest BCUT2D eigenvalue weighted by atomic mass is 35.5. The van der Waals surface area contributed by atoms with Crippen LogP contribution < -0.4 is 10.2 Å². The lowest BCUT2D eigenvalue weighted by molar-refractivity contribution is -0.126. The molecule has 1 atom stereocenters. The number of hydrogen-bond acceptors (Lipinski definition) is 3. The number of likely N-dealkylation sites (tertiary alicyclic amines) is 1. The molecule has 160 valence electrons. The third-order valence-corrected chi connectivity index (χ3v) is 5.79. The standard InChI is InChI=1S/C24H30ClN3O2/c1-2-27(22-12-4-3-5-13-22)16-8-14-26-23(29)20-10-7-15-28(18-20)24(30)19-9-6-11-21(25)17-19/h3-6,9,11-13,17,20H,2,7-8,10,14-16,18H2,1H3,(H,26,29)/t20-/m0/s1. The Bertz CT molecular complexity index is 843. The molecule has 1 aliphatic heterocycles. The summed E-state index contributed by atoms with van der Waals surface area (Å²) in [4.78, 5) is 29.5. The highest BCUT2D eigenvalue weighted by Gasteiger charge is 2.28. The Morgan fingerprint density at radius 3 is 2.70 bits per heavy atom. The number of carbonyl (C=O) groups is 2. The normalized spacial score (nSPS) is 16.2. The molecule has 0 radical (unpaired) electrons. The lowest BCUT2D eigenvalue weighted by Gasteiger charge is -2.32. The number of anilines is 1. The Labute approximate surface area is 184 Å². The van der Waals surface area contributed by atoms with Gasteiger partial charge >= 0.3 is 0 Å². The van der Waals surface area contributed by atoms with Gasteiger partial charge in [-0.15, -0.1) is 0 Å². The van der Waals surface area contributed by atoms with Crippen LogP contribution in [0.4, 0.5) is 5.69 Å². The van der Waals surface area contributed by atoms with Crippen molar-refractivity contribution in [2.75, 3.05) is 37.6 Å². The molecule has 1 heterocycles. The second-order valence-corrected chi connectivity index (χ2v) is 8.10. The van der Waals surface area contributed by atoms with Gasteiger partial charge in [0, 0.05) is 49.0 Å². The number of rotatable bonds is 8. The van der Waals surface area contributed by atoms with Crippen molar-refractivity contribution in [2.24, 2.45) is 5.92 Å². The van der Waals surface area contributed by atoms with E-state index in [0.717, 1.165) is 32.4 Å². The van der Waals surface area contributed by atoms with Gasteiger partial charge in [-0.2, -0.15) is 0 Å². The second-order valence-electron chi connectivity index (χ2n) is 7.66. The van der Waals surface area contributed by atoms with E-state index in [4.69, 9.17) is 11.6 Å². The van der Waals surface area contributed by atoms with Crippen LogP contribution in [0.15, 0.2) is 54.6 Å². The summed E-state index contributed by atoms with van der Waals surface area (Å²) in [6, 6.07) is 17.3. The first kappa shape index (κ1) is 22.2. The van der Waals surface area contributed by atoms with Crippen LogP contribution >= 0.6 is 11.6 Å². The molecule has 0 aromatic heterocycles. The maximum absolute atomic E-state index is 12.8. The van der Waals surface area contributed by atoms with Crippen molar-refractivity contribution < 1.29 is 9.59 Å². The van der Waals surface area contributed by atoms with Crippen LogP contribution in [0, 0.1) is 5.92 Å². The second kappa shape index (κ2) is 11.0. The van der Waals surface area contributed by atoms with Gasteiger partial charge in [-0.05, 0) is 56.5 Å². The van der Waals surface area contributed by atoms with Gasteiger partial charge in [-0.3, -0.25) is 9.59 Å². The van der Waals surface area contributed by atoms with Gasteiger partial charge < -0.3 is 15.1 Å². The Morgan fingerprint density at radius 1 is 1.17 bits per heavy atom. The fraction of sp³-hybridized carbons (Fsp3) is 0.417. The van der Waals surface area contributed by atoms with Crippen LogP contribution in [0.3, 0.4) is 0 Å². The van der Waals surface area contributed by atoms with Crippen LogP contribution in [0.5, 0.6) is 0 Å². The molecule has 1 aliphatic rings. The van der Waals surface area contributed by atoms with Gasteiger partial charge in [0.05, 0.1) is 5.92 Å². The van der Waals surface area contributed by atoms with Crippen LogP contribution in [0.25, 0.3) is 0 Å². The Morgan fingerprint density at radius 2 is 1.97 bits per heavy atom. The van der Waals surface area contributed by atoms with E-state index >= 15 is 0 Å². The van der Waals surface area contributed by atoms with Gasteiger partial charge in [-0.1, -0.05) is 35.9 Å². The molecular formula is C24H30ClN3O2. The smallest absolute Gasteiger partial charge is 0.253 e. The molecule has 1 saturated heterocycles. The first-order valence-corrected chi connectivity index (χ1v) is 11.1. The van der Waals surface area contributed by atoms with Crippen molar-refractivity contribution in [3.63, 3.8) is 0 Å². The monoisotopic (exact) mass is 427 g/mol. The van der Waals surface area contributed by atoms with Crippen molar-refractivity contribution in [1.82, 2.24) is 10.2 Å². The number of amides is 2. The summed E-state index contributed by atoms with van der Waals surface area (Å²) < 4.78 is 0. The maximum atomic E-state index is 12.8. The maximum Gasteiger partial charge on any atom is 0.253 e. The third kappa shape index (κ3) is 5.99. The van der Waals surface area contributed by atoms with E-state index < -0.39 is 0 Å². The topological polar surface area (TPSA) is 52.7 Å². The van der Waals surface area contributed by atoms with Crippen molar-refractivity contribution >= 4 is 29.1 Å². The zero-order valence-corrected chi connectivity index (χ0v) is 18.3. The Hall–Kier alpha value is -2.53. The van der Waals surface area contributed by atoms with E-state index in [0.29, 0.717) is 30.2 Å². The molecule has 30 heavy (non-hydrogen) atoms. The SMILES string of the molecule is CCN(CCCNC(=O)[C@H]1CCCN(C(=O)c2cccc(Cl)c2)C1)c1ccccc1. The number of hydrogen-bond donors (Lipinski definition) is 1. The third-order valence-electron chi connectivity index (χ3n) is 5.56. The van der Waals surface area contributed by atoms with E-state index in [2.05, 4.69) is 29.3 Å². The van der Waals surface area contributed by atoms with Gasteiger partial charge in [0.15, 0.2) is 0 Å². The summed E-state index contributed by atoms with van der Waals surface area (Å²) in [6.07, 6.45) is 2.53. The summed E-state index contributed by atoms with van der Waals surface area (Å²) in [5, 5.41) is 3.61. The molecule has 6 heteroatoms. The highest BCUT2D eigenvalue weighted by molar-refractivity contribution is 6.30. The number of nitrogens with zero attached hydrogens (tertiary/aromatic N) is 2. The van der Waals surface area contributed by atoms with E-state index in [9.17, 15) is 9.59 Å². The largest absolute Gasteiger partial charge is 0.372 e. The van der Waals surface area contributed by atoms with Crippen molar-refractivity contribution in [2.45, 2.75) is 26.2 Å². The number of para-hydroxylation sites is 1. The molecule has 2 amide bonds. The quantitative estimate of drug-likeness (QED) is 0.641. The minimum absolute atomic E-state index is 0.0429. The molecule has 0 bridgehead atoms. The molecule has 1 fully saturated rings. The first-order chi connectivity index (χ1) is 14.6. The molecule has 0 saturated carbocycles.